The molecular formula is C21H20N2O. The zero-order chi connectivity index (χ0) is 16.2. The van der Waals surface area contributed by atoms with E-state index >= 15 is 0 Å². The first-order chi connectivity index (χ1) is 11.9. The van der Waals surface area contributed by atoms with E-state index in [0.717, 1.165) is 43.3 Å². The van der Waals surface area contributed by atoms with Gasteiger partial charge in [0.1, 0.15) is 0 Å². The minimum atomic E-state index is 0.755. The van der Waals surface area contributed by atoms with Crippen LogP contribution in [0.25, 0.3) is 16.9 Å². The Labute approximate surface area is 142 Å². The Hall–Kier alpha value is -2.65. The molecule has 0 saturated heterocycles. The molecule has 0 saturated carbocycles. The van der Waals surface area contributed by atoms with Crippen molar-refractivity contribution < 1.29 is 4.42 Å². The lowest BCUT2D eigenvalue weighted by atomic mass is 10.00. The van der Waals surface area contributed by atoms with Gasteiger partial charge >= 0.3 is 0 Å². The van der Waals surface area contributed by atoms with Gasteiger partial charge in [0.25, 0.3) is 0 Å². The second-order valence-electron chi connectivity index (χ2n) is 6.06. The van der Waals surface area contributed by atoms with Crippen LogP contribution in [-0.2, 0) is 6.54 Å². The van der Waals surface area contributed by atoms with Gasteiger partial charge in [0.2, 0.25) is 5.89 Å². The Morgan fingerprint density at radius 1 is 0.917 bits per heavy atom. The molecule has 0 atom stereocenters. The summed E-state index contributed by atoms with van der Waals surface area (Å²) in [5.41, 5.74) is 3.84. The van der Waals surface area contributed by atoms with E-state index in [2.05, 4.69) is 46.3 Å². The predicted octanol–water partition coefficient (Wildman–Crippen LogP) is 4.63. The quantitative estimate of drug-likeness (QED) is 0.702. The molecule has 3 heteroatoms. The van der Waals surface area contributed by atoms with Gasteiger partial charge in [-0.3, -0.25) is 4.90 Å². The third-order valence-electron chi connectivity index (χ3n) is 4.41. The van der Waals surface area contributed by atoms with Gasteiger partial charge in [-0.1, -0.05) is 66.7 Å². The minimum Gasteiger partial charge on any atom is -0.439 e. The number of hydrogen-bond donors (Lipinski definition) is 0. The molecule has 0 aliphatic carbocycles. The van der Waals surface area contributed by atoms with Crippen molar-refractivity contribution in [2.24, 2.45) is 0 Å². The minimum absolute atomic E-state index is 0.755. The highest BCUT2D eigenvalue weighted by Gasteiger charge is 2.15. The monoisotopic (exact) mass is 316 g/mol. The first-order valence-electron chi connectivity index (χ1n) is 8.35. The van der Waals surface area contributed by atoms with Crippen LogP contribution < -0.4 is 0 Å². The molecule has 4 rings (SSSR count). The predicted molar refractivity (Wildman–Crippen MR) is 96.3 cm³/mol. The second-order valence-corrected chi connectivity index (χ2v) is 6.06. The van der Waals surface area contributed by atoms with Gasteiger partial charge in [-0.05, 0) is 17.6 Å². The fourth-order valence-electron chi connectivity index (χ4n) is 3.08. The average molecular weight is 316 g/mol. The summed E-state index contributed by atoms with van der Waals surface area (Å²) in [7, 11) is 0. The van der Waals surface area contributed by atoms with Gasteiger partial charge < -0.3 is 4.42 Å². The fourth-order valence-corrected chi connectivity index (χ4v) is 3.08. The Kier molecular flexibility index (Phi) is 4.26. The Morgan fingerprint density at radius 2 is 1.62 bits per heavy atom. The summed E-state index contributed by atoms with van der Waals surface area (Å²) in [4.78, 5) is 6.80. The SMILES string of the molecule is C1=C(c2ccccc2)CCN(Cc2ncc(-c3ccccc3)o2)C1. The van der Waals surface area contributed by atoms with Crippen molar-refractivity contribution in [3.63, 3.8) is 0 Å². The van der Waals surface area contributed by atoms with Crippen LogP contribution in [-0.4, -0.2) is 23.0 Å². The van der Waals surface area contributed by atoms with Crippen LogP contribution in [0, 0.1) is 0 Å². The van der Waals surface area contributed by atoms with Gasteiger partial charge in [0.05, 0.1) is 12.7 Å². The standard InChI is InChI=1S/C21H20N2O/c1-3-7-17(8-4-1)18-11-13-23(14-12-18)16-21-22-15-20(24-21)19-9-5-2-6-10-19/h1-11,15H,12-14,16H2. The molecule has 3 aromatic rings. The lowest BCUT2D eigenvalue weighted by Gasteiger charge is -2.25. The number of rotatable bonds is 4. The molecule has 2 aromatic carbocycles. The molecule has 1 aliphatic rings. The van der Waals surface area contributed by atoms with Crippen LogP contribution in [0.4, 0.5) is 0 Å². The molecule has 0 unspecified atom stereocenters. The number of aromatic nitrogens is 1. The van der Waals surface area contributed by atoms with Gasteiger partial charge in [-0.15, -0.1) is 0 Å². The van der Waals surface area contributed by atoms with E-state index in [-0.39, 0.29) is 0 Å². The van der Waals surface area contributed by atoms with Gasteiger partial charge in [0, 0.05) is 18.7 Å². The smallest absolute Gasteiger partial charge is 0.209 e. The molecule has 0 amide bonds. The van der Waals surface area contributed by atoms with Crippen LogP contribution >= 0.6 is 0 Å². The molecule has 24 heavy (non-hydrogen) atoms. The van der Waals surface area contributed by atoms with Crippen molar-refractivity contribution in [3.05, 3.63) is 84.4 Å². The van der Waals surface area contributed by atoms with E-state index < -0.39 is 0 Å². The zero-order valence-corrected chi connectivity index (χ0v) is 13.6. The molecular weight excluding hydrogens is 296 g/mol. The lowest BCUT2D eigenvalue weighted by molar-refractivity contribution is 0.263. The van der Waals surface area contributed by atoms with Crippen molar-refractivity contribution in [3.8, 4) is 11.3 Å². The van der Waals surface area contributed by atoms with Crippen LogP contribution in [0.2, 0.25) is 0 Å². The Balaban J connectivity index is 1.41. The number of oxazole rings is 1. The largest absolute Gasteiger partial charge is 0.439 e. The first-order valence-corrected chi connectivity index (χ1v) is 8.35. The molecule has 1 aromatic heterocycles. The van der Waals surface area contributed by atoms with Gasteiger partial charge in [-0.2, -0.15) is 0 Å². The van der Waals surface area contributed by atoms with Crippen LogP contribution in [0.1, 0.15) is 17.9 Å². The van der Waals surface area contributed by atoms with Crippen molar-refractivity contribution >= 4 is 5.57 Å². The third-order valence-corrected chi connectivity index (χ3v) is 4.41. The lowest BCUT2D eigenvalue weighted by Crippen LogP contribution is -2.28. The molecule has 0 radical (unpaired) electrons. The molecule has 0 N–H and O–H groups in total. The molecule has 0 spiro atoms. The second kappa shape index (κ2) is 6.85. The molecule has 0 bridgehead atoms. The van der Waals surface area contributed by atoms with Crippen molar-refractivity contribution in [1.29, 1.82) is 0 Å². The van der Waals surface area contributed by atoms with Crippen molar-refractivity contribution in [2.45, 2.75) is 13.0 Å². The van der Waals surface area contributed by atoms with E-state index in [4.69, 9.17) is 4.42 Å². The number of nitrogens with zero attached hydrogens (tertiary/aromatic N) is 2. The Morgan fingerprint density at radius 3 is 2.29 bits per heavy atom. The van der Waals surface area contributed by atoms with E-state index in [1.54, 1.807) is 0 Å². The van der Waals surface area contributed by atoms with Crippen molar-refractivity contribution in [1.82, 2.24) is 9.88 Å². The van der Waals surface area contributed by atoms with Crippen LogP contribution in [0.3, 0.4) is 0 Å². The summed E-state index contributed by atoms with van der Waals surface area (Å²) in [6.45, 7) is 2.72. The van der Waals surface area contributed by atoms with Crippen LogP contribution in [0.5, 0.6) is 0 Å². The third kappa shape index (κ3) is 3.31. The summed E-state index contributed by atoms with van der Waals surface area (Å²) in [5.74, 6) is 1.62. The topological polar surface area (TPSA) is 29.3 Å². The van der Waals surface area contributed by atoms with E-state index in [1.165, 1.54) is 11.1 Å². The summed E-state index contributed by atoms with van der Waals surface area (Å²) in [6.07, 6.45) is 5.20. The summed E-state index contributed by atoms with van der Waals surface area (Å²) >= 11 is 0. The average Bonchev–Trinajstić information content (AvgIpc) is 3.12. The highest BCUT2D eigenvalue weighted by molar-refractivity contribution is 5.66. The highest BCUT2D eigenvalue weighted by atomic mass is 16.4. The van der Waals surface area contributed by atoms with Crippen LogP contribution in [0.15, 0.2) is 77.4 Å². The normalized spacial score (nSPS) is 15.2. The zero-order valence-electron chi connectivity index (χ0n) is 13.6. The van der Waals surface area contributed by atoms with Crippen molar-refractivity contribution in [2.75, 3.05) is 13.1 Å². The Bertz CT molecular complexity index is 821. The maximum absolute atomic E-state index is 5.91. The first kappa shape index (κ1) is 14.9. The van der Waals surface area contributed by atoms with E-state index in [9.17, 15) is 0 Å². The fraction of sp³-hybridized carbons (Fsp3) is 0.190. The molecule has 120 valence electrons. The van der Waals surface area contributed by atoms with Gasteiger partial charge in [-0.25, -0.2) is 4.98 Å². The number of hydrogen-bond acceptors (Lipinski definition) is 3. The molecule has 0 fully saturated rings. The van der Waals surface area contributed by atoms with Gasteiger partial charge in [0.15, 0.2) is 5.76 Å². The maximum atomic E-state index is 5.91. The number of benzene rings is 2. The van der Waals surface area contributed by atoms with E-state index in [1.807, 2.05) is 36.5 Å². The molecule has 3 nitrogen and oxygen atoms in total. The maximum Gasteiger partial charge on any atom is 0.209 e. The summed E-state index contributed by atoms with van der Waals surface area (Å²) in [5, 5.41) is 0. The summed E-state index contributed by atoms with van der Waals surface area (Å²) in [6, 6.07) is 20.7. The summed E-state index contributed by atoms with van der Waals surface area (Å²) < 4.78 is 5.91. The van der Waals surface area contributed by atoms with E-state index in [0.29, 0.717) is 0 Å². The molecule has 2 heterocycles. The highest BCUT2D eigenvalue weighted by Crippen LogP contribution is 2.24. The molecule has 1 aliphatic heterocycles.